The van der Waals surface area contributed by atoms with Crippen molar-refractivity contribution in [3.8, 4) is 0 Å². The fourth-order valence-electron chi connectivity index (χ4n) is 1.36. The summed E-state index contributed by atoms with van der Waals surface area (Å²) in [6.45, 7) is 5.95. The van der Waals surface area contributed by atoms with Gasteiger partial charge in [0.15, 0.2) is 0 Å². The van der Waals surface area contributed by atoms with Crippen LogP contribution >= 0.6 is 11.6 Å². The summed E-state index contributed by atoms with van der Waals surface area (Å²) >= 11 is 6.00. The summed E-state index contributed by atoms with van der Waals surface area (Å²) in [6.07, 6.45) is 1.71. The van der Waals surface area contributed by atoms with E-state index >= 15 is 0 Å². The summed E-state index contributed by atoms with van der Waals surface area (Å²) in [5.41, 5.74) is 6.67. The first-order valence-corrected chi connectivity index (χ1v) is 5.37. The Morgan fingerprint density at radius 2 is 1.87 bits per heavy atom. The van der Waals surface area contributed by atoms with Crippen molar-refractivity contribution >= 4 is 28.2 Å². The molecule has 0 saturated heterocycles. The van der Waals surface area contributed by atoms with Crippen molar-refractivity contribution in [1.82, 2.24) is 4.98 Å². The number of nitrogens with two attached hydrogens (primary N) is 1. The molecule has 1 aromatic heterocycles. The first-order valence-electron chi connectivity index (χ1n) is 4.99. The van der Waals surface area contributed by atoms with Gasteiger partial charge < -0.3 is 5.73 Å². The predicted molar refractivity (Wildman–Crippen MR) is 67.3 cm³/mol. The van der Waals surface area contributed by atoms with Gasteiger partial charge in [-0.2, -0.15) is 0 Å². The minimum Gasteiger partial charge on any atom is -0.383 e. The maximum Gasteiger partial charge on any atom is 0.126 e. The number of hydrogen-bond donors (Lipinski definition) is 1. The number of hydrogen-bond acceptors (Lipinski definition) is 2. The Hall–Kier alpha value is -1.28. The average molecular weight is 223 g/mol. The number of nitrogens with zero attached hydrogens (tertiary/aromatic N) is 1. The molecular formula is C12H15ClN2. The number of aryl methyl sites for hydroxylation is 1. The predicted octanol–water partition coefficient (Wildman–Crippen LogP) is 3.81. The van der Waals surface area contributed by atoms with Crippen LogP contribution < -0.4 is 5.73 Å². The minimum atomic E-state index is 0.565. The number of rotatable bonds is 0. The molecule has 0 saturated carbocycles. The van der Waals surface area contributed by atoms with Crippen LogP contribution in [-0.2, 0) is 0 Å². The van der Waals surface area contributed by atoms with Crippen LogP contribution in [0.4, 0.5) is 5.82 Å². The molecule has 2 N–H and O–H groups in total. The Balaban J connectivity index is 0.000000531. The van der Waals surface area contributed by atoms with Gasteiger partial charge >= 0.3 is 0 Å². The number of anilines is 1. The quantitative estimate of drug-likeness (QED) is 0.736. The maximum absolute atomic E-state index is 6.00. The van der Waals surface area contributed by atoms with E-state index in [4.69, 9.17) is 17.3 Å². The standard InChI is InChI=1S/C10H9ClN2.C2H6/c1-6-7-3-2-4-9(11)8(7)5-13-10(6)12;1-2/h2-5H,1H3,(H2,12,13);1-2H3. The van der Waals surface area contributed by atoms with Gasteiger partial charge in [0.1, 0.15) is 5.82 Å². The summed E-state index contributed by atoms with van der Waals surface area (Å²) in [7, 11) is 0. The molecule has 3 heteroatoms. The molecule has 0 amide bonds. The number of nitrogen functional groups attached to an aromatic ring is 1. The van der Waals surface area contributed by atoms with E-state index in [9.17, 15) is 0 Å². The van der Waals surface area contributed by atoms with Crippen molar-refractivity contribution in [3.63, 3.8) is 0 Å². The Kier molecular flexibility index (Phi) is 3.92. The van der Waals surface area contributed by atoms with Crippen LogP contribution in [0.3, 0.4) is 0 Å². The Bertz CT molecular complexity index is 466. The molecule has 1 aromatic carbocycles. The third-order valence-electron chi connectivity index (χ3n) is 2.17. The highest BCUT2D eigenvalue weighted by molar-refractivity contribution is 6.35. The van der Waals surface area contributed by atoms with E-state index in [1.165, 1.54) is 0 Å². The molecule has 2 rings (SSSR count). The molecule has 0 atom stereocenters. The first kappa shape index (κ1) is 11.8. The molecule has 0 aliphatic heterocycles. The molecule has 80 valence electrons. The second kappa shape index (κ2) is 4.99. The maximum atomic E-state index is 6.00. The molecule has 15 heavy (non-hydrogen) atoms. The summed E-state index contributed by atoms with van der Waals surface area (Å²) < 4.78 is 0. The lowest BCUT2D eigenvalue weighted by Gasteiger charge is -2.04. The van der Waals surface area contributed by atoms with Gasteiger partial charge in [0, 0.05) is 16.6 Å². The van der Waals surface area contributed by atoms with Gasteiger partial charge in [-0.05, 0) is 23.9 Å². The summed E-state index contributed by atoms with van der Waals surface area (Å²) in [5.74, 6) is 0.565. The Morgan fingerprint density at radius 1 is 1.20 bits per heavy atom. The molecule has 1 heterocycles. The second-order valence-corrected chi connectivity index (χ2v) is 3.38. The van der Waals surface area contributed by atoms with Crippen molar-refractivity contribution in [2.24, 2.45) is 0 Å². The molecule has 0 radical (unpaired) electrons. The van der Waals surface area contributed by atoms with E-state index in [1.807, 2.05) is 39.0 Å². The van der Waals surface area contributed by atoms with Gasteiger partial charge in [0.25, 0.3) is 0 Å². The van der Waals surface area contributed by atoms with E-state index in [2.05, 4.69) is 4.98 Å². The molecule has 2 nitrogen and oxygen atoms in total. The lowest BCUT2D eigenvalue weighted by molar-refractivity contribution is 1.32. The van der Waals surface area contributed by atoms with E-state index in [0.717, 1.165) is 16.3 Å². The summed E-state index contributed by atoms with van der Waals surface area (Å²) in [5, 5.41) is 2.74. The zero-order chi connectivity index (χ0) is 11.4. The largest absolute Gasteiger partial charge is 0.383 e. The van der Waals surface area contributed by atoms with E-state index in [0.29, 0.717) is 10.8 Å². The van der Waals surface area contributed by atoms with Crippen molar-refractivity contribution < 1.29 is 0 Å². The first-order chi connectivity index (χ1) is 7.20. The third kappa shape index (κ3) is 2.21. The molecule has 2 aromatic rings. The highest BCUT2D eigenvalue weighted by atomic mass is 35.5. The molecule has 0 unspecified atom stereocenters. The minimum absolute atomic E-state index is 0.565. The average Bonchev–Trinajstić information content (AvgIpc) is 2.27. The topological polar surface area (TPSA) is 38.9 Å². The normalized spacial score (nSPS) is 9.60. The third-order valence-corrected chi connectivity index (χ3v) is 2.50. The fourth-order valence-corrected chi connectivity index (χ4v) is 1.59. The van der Waals surface area contributed by atoms with Gasteiger partial charge in [-0.1, -0.05) is 37.6 Å². The van der Waals surface area contributed by atoms with Crippen LogP contribution in [0, 0.1) is 6.92 Å². The van der Waals surface area contributed by atoms with Gasteiger partial charge in [0.05, 0.1) is 0 Å². The number of fused-ring (bicyclic) bond motifs is 1. The summed E-state index contributed by atoms with van der Waals surface area (Å²) in [6, 6.07) is 5.76. The lowest BCUT2D eigenvalue weighted by Crippen LogP contribution is -1.94. The van der Waals surface area contributed by atoms with Crippen molar-refractivity contribution in [1.29, 1.82) is 0 Å². The van der Waals surface area contributed by atoms with Crippen molar-refractivity contribution in [2.75, 3.05) is 5.73 Å². The number of pyridine rings is 1. The van der Waals surface area contributed by atoms with Crippen LogP contribution in [0.25, 0.3) is 10.8 Å². The lowest BCUT2D eigenvalue weighted by atomic mass is 10.1. The van der Waals surface area contributed by atoms with E-state index in [-0.39, 0.29) is 0 Å². The van der Waals surface area contributed by atoms with Crippen LogP contribution in [-0.4, -0.2) is 4.98 Å². The number of aromatic nitrogens is 1. The zero-order valence-electron chi connectivity index (χ0n) is 9.21. The monoisotopic (exact) mass is 222 g/mol. The summed E-state index contributed by atoms with van der Waals surface area (Å²) in [4.78, 5) is 4.06. The highest BCUT2D eigenvalue weighted by Gasteiger charge is 2.03. The van der Waals surface area contributed by atoms with Crippen LogP contribution in [0.2, 0.25) is 5.02 Å². The Morgan fingerprint density at radius 3 is 2.53 bits per heavy atom. The fraction of sp³-hybridized carbons (Fsp3) is 0.250. The van der Waals surface area contributed by atoms with Gasteiger partial charge in [0.2, 0.25) is 0 Å². The molecule has 0 aliphatic rings. The van der Waals surface area contributed by atoms with Crippen molar-refractivity contribution in [2.45, 2.75) is 20.8 Å². The number of benzene rings is 1. The SMILES string of the molecule is CC.Cc1c(N)ncc2c(Cl)cccc12. The van der Waals surface area contributed by atoms with Crippen LogP contribution in [0.15, 0.2) is 24.4 Å². The second-order valence-electron chi connectivity index (χ2n) is 2.97. The molecule has 0 spiro atoms. The van der Waals surface area contributed by atoms with Gasteiger partial charge in [-0.25, -0.2) is 4.98 Å². The Labute approximate surface area is 95.1 Å². The van der Waals surface area contributed by atoms with Crippen molar-refractivity contribution in [3.05, 3.63) is 35.0 Å². The zero-order valence-corrected chi connectivity index (χ0v) is 9.97. The van der Waals surface area contributed by atoms with Crippen LogP contribution in [0.1, 0.15) is 19.4 Å². The van der Waals surface area contributed by atoms with Gasteiger partial charge in [-0.15, -0.1) is 0 Å². The number of halogens is 1. The van der Waals surface area contributed by atoms with Crippen LogP contribution in [0.5, 0.6) is 0 Å². The molecular weight excluding hydrogens is 208 g/mol. The van der Waals surface area contributed by atoms with E-state index in [1.54, 1.807) is 6.20 Å². The van der Waals surface area contributed by atoms with Gasteiger partial charge in [-0.3, -0.25) is 0 Å². The molecule has 0 aliphatic carbocycles. The highest BCUT2D eigenvalue weighted by Crippen LogP contribution is 2.26. The molecule has 0 bridgehead atoms. The smallest absolute Gasteiger partial charge is 0.126 e. The van der Waals surface area contributed by atoms with E-state index < -0.39 is 0 Å². The molecule has 0 fully saturated rings.